The third kappa shape index (κ3) is 5.01. The van der Waals surface area contributed by atoms with Crippen LogP contribution in [0.4, 0.5) is 18.9 Å². The number of nitrogens with zero attached hydrogens (tertiary/aromatic N) is 4. The van der Waals surface area contributed by atoms with Crippen LogP contribution in [-0.2, 0) is 6.18 Å². The number of fused-ring (bicyclic) bond motifs is 3. The minimum Gasteiger partial charge on any atom is -0.331 e. The van der Waals surface area contributed by atoms with E-state index >= 15 is 0 Å². The summed E-state index contributed by atoms with van der Waals surface area (Å²) in [6.45, 7) is 4.02. The number of thiocarbonyl (C=S) groups is 1. The van der Waals surface area contributed by atoms with Crippen molar-refractivity contribution in [3.63, 3.8) is 0 Å². The second-order valence-electron chi connectivity index (χ2n) is 8.52. The van der Waals surface area contributed by atoms with E-state index in [4.69, 9.17) is 12.2 Å². The van der Waals surface area contributed by atoms with Crippen LogP contribution in [0.2, 0.25) is 0 Å². The molecule has 0 spiro atoms. The lowest BCUT2D eigenvalue weighted by Crippen LogP contribution is -2.24. The van der Waals surface area contributed by atoms with E-state index < -0.39 is 11.9 Å². The monoisotopic (exact) mass is 518 g/mol. The topological polar surface area (TPSA) is 67.1 Å². The molecule has 0 bridgehead atoms. The summed E-state index contributed by atoms with van der Waals surface area (Å²) in [7, 11) is 0. The van der Waals surface area contributed by atoms with Crippen molar-refractivity contribution >= 4 is 51.0 Å². The van der Waals surface area contributed by atoms with E-state index in [1.165, 1.54) is 12.3 Å². The van der Waals surface area contributed by atoms with Crippen molar-refractivity contribution in [3.8, 4) is 5.69 Å². The van der Waals surface area contributed by atoms with Crippen LogP contribution in [0.1, 0.15) is 22.4 Å². The normalized spacial score (nSPS) is 11.9. The van der Waals surface area contributed by atoms with Crippen LogP contribution in [0.5, 0.6) is 0 Å². The molecule has 6 nitrogen and oxygen atoms in total. The first-order valence-electron chi connectivity index (χ1n) is 11.3. The number of nitrogens with one attached hydrogen (secondary N) is 2. The van der Waals surface area contributed by atoms with Gasteiger partial charge in [0.1, 0.15) is 12.0 Å². The van der Waals surface area contributed by atoms with Crippen molar-refractivity contribution in [1.29, 1.82) is 0 Å². The Bertz CT molecular complexity index is 1640. The SMILES string of the molecule is Cc1cccc(C)c1NC(=S)NN=Cc1ccc2c(ccc3c2ncn3-c2ccc(C(F)(F)F)nc2)c1. The molecule has 2 aromatic heterocycles. The molecule has 0 unspecified atom stereocenters. The molecule has 10 heteroatoms. The van der Waals surface area contributed by atoms with E-state index in [0.29, 0.717) is 10.8 Å². The second kappa shape index (κ2) is 9.62. The summed E-state index contributed by atoms with van der Waals surface area (Å²) in [5.41, 5.74) is 7.90. The fourth-order valence-corrected chi connectivity index (χ4v) is 4.28. The Morgan fingerprint density at radius 2 is 1.78 bits per heavy atom. The average Bonchev–Trinajstić information content (AvgIpc) is 3.30. The molecule has 2 N–H and O–H groups in total. The molecule has 5 rings (SSSR count). The number of para-hydroxylation sites is 1. The molecule has 3 aromatic carbocycles. The van der Waals surface area contributed by atoms with Crippen molar-refractivity contribution in [3.05, 3.63) is 95.6 Å². The number of alkyl halides is 3. The number of aromatic nitrogens is 3. The fraction of sp³-hybridized carbons (Fsp3) is 0.111. The summed E-state index contributed by atoms with van der Waals surface area (Å²) in [6.07, 6.45) is -0.0311. The smallest absolute Gasteiger partial charge is 0.331 e. The first kappa shape index (κ1) is 24.4. The maximum absolute atomic E-state index is 12.9. The molecule has 186 valence electrons. The van der Waals surface area contributed by atoms with Crippen LogP contribution < -0.4 is 10.7 Å². The van der Waals surface area contributed by atoms with E-state index in [9.17, 15) is 13.2 Å². The van der Waals surface area contributed by atoms with Crippen LogP contribution in [-0.4, -0.2) is 25.9 Å². The van der Waals surface area contributed by atoms with Crippen molar-refractivity contribution < 1.29 is 13.2 Å². The lowest BCUT2D eigenvalue weighted by Gasteiger charge is -2.12. The summed E-state index contributed by atoms with van der Waals surface area (Å²) in [6, 6.07) is 18.0. The van der Waals surface area contributed by atoms with Crippen LogP contribution in [0.3, 0.4) is 0 Å². The highest BCUT2D eigenvalue weighted by Gasteiger charge is 2.32. The maximum Gasteiger partial charge on any atom is 0.433 e. The van der Waals surface area contributed by atoms with Crippen molar-refractivity contribution in [2.75, 3.05) is 5.32 Å². The largest absolute Gasteiger partial charge is 0.433 e. The van der Waals surface area contributed by atoms with Gasteiger partial charge in [-0.3, -0.25) is 9.99 Å². The Morgan fingerprint density at radius 3 is 2.49 bits per heavy atom. The lowest BCUT2D eigenvalue weighted by molar-refractivity contribution is -0.141. The standard InChI is InChI=1S/C27H21F3N6S/c1-16-4-3-5-17(2)24(16)34-26(37)35-33-13-18-6-9-21-19(12-18)7-10-22-25(21)32-15-36(22)20-8-11-23(31-14-20)27(28,29)30/h3-15H,1-2H3,(H2,34,35,37). The number of anilines is 1. The Balaban J connectivity index is 1.34. The molecule has 0 atom stereocenters. The molecule has 0 amide bonds. The Labute approximate surface area is 215 Å². The third-order valence-corrected chi connectivity index (χ3v) is 6.17. The van der Waals surface area contributed by atoms with Gasteiger partial charge in [0, 0.05) is 11.1 Å². The molecule has 0 saturated carbocycles. The molecule has 0 fully saturated rings. The van der Waals surface area contributed by atoms with E-state index in [2.05, 4.69) is 25.8 Å². The predicted molar refractivity (Wildman–Crippen MR) is 144 cm³/mol. The van der Waals surface area contributed by atoms with E-state index in [-0.39, 0.29) is 0 Å². The number of rotatable bonds is 4. The summed E-state index contributed by atoms with van der Waals surface area (Å²) >= 11 is 5.36. The Kier molecular flexibility index (Phi) is 6.34. The third-order valence-electron chi connectivity index (χ3n) is 5.97. The van der Waals surface area contributed by atoms with Gasteiger partial charge in [0.05, 0.1) is 29.1 Å². The Hall–Kier alpha value is -4.31. The quantitative estimate of drug-likeness (QED) is 0.161. The van der Waals surface area contributed by atoms with Gasteiger partial charge in [0.15, 0.2) is 5.11 Å². The highest BCUT2D eigenvalue weighted by molar-refractivity contribution is 7.80. The molecule has 5 aromatic rings. The zero-order valence-corrected chi connectivity index (χ0v) is 20.7. The number of hydrazone groups is 1. The number of hydrogen-bond donors (Lipinski definition) is 2. The first-order chi connectivity index (χ1) is 17.7. The fourth-order valence-electron chi connectivity index (χ4n) is 4.13. The van der Waals surface area contributed by atoms with Gasteiger partial charge in [-0.2, -0.15) is 18.3 Å². The number of aryl methyl sites for hydroxylation is 2. The van der Waals surface area contributed by atoms with Crippen molar-refractivity contribution in [2.24, 2.45) is 5.10 Å². The molecule has 0 aliphatic heterocycles. The van der Waals surface area contributed by atoms with Gasteiger partial charge in [-0.1, -0.05) is 36.4 Å². The molecule has 0 saturated heterocycles. The van der Waals surface area contributed by atoms with Gasteiger partial charge in [0.2, 0.25) is 0 Å². The van der Waals surface area contributed by atoms with Crippen LogP contribution in [0, 0.1) is 13.8 Å². The number of pyridine rings is 1. The van der Waals surface area contributed by atoms with Gasteiger partial charge >= 0.3 is 6.18 Å². The number of imidazole rings is 1. The summed E-state index contributed by atoms with van der Waals surface area (Å²) in [5, 5.41) is 9.67. The molecule has 0 aliphatic carbocycles. The first-order valence-corrected chi connectivity index (χ1v) is 11.7. The summed E-state index contributed by atoms with van der Waals surface area (Å²) in [4.78, 5) is 8.06. The molecule has 0 aliphatic rings. The zero-order chi connectivity index (χ0) is 26.2. The van der Waals surface area contributed by atoms with Gasteiger partial charge < -0.3 is 5.32 Å². The number of halogens is 3. The van der Waals surface area contributed by atoms with Gasteiger partial charge in [-0.05, 0) is 72.4 Å². The molecular weight excluding hydrogens is 497 g/mol. The minimum atomic E-state index is -4.48. The molecule has 0 radical (unpaired) electrons. The van der Waals surface area contributed by atoms with Gasteiger partial charge in [0.25, 0.3) is 0 Å². The van der Waals surface area contributed by atoms with Gasteiger partial charge in [-0.25, -0.2) is 9.97 Å². The second-order valence-corrected chi connectivity index (χ2v) is 8.93. The zero-order valence-electron chi connectivity index (χ0n) is 19.8. The lowest BCUT2D eigenvalue weighted by atomic mass is 10.1. The van der Waals surface area contributed by atoms with E-state index in [0.717, 1.165) is 50.2 Å². The molecule has 2 heterocycles. The van der Waals surface area contributed by atoms with Crippen LogP contribution in [0.15, 0.2) is 78.3 Å². The van der Waals surface area contributed by atoms with E-state index in [1.807, 2.05) is 62.4 Å². The van der Waals surface area contributed by atoms with Crippen molar-refractivity contribution in [1.82, 2.24) is 20.0 Å². The number of hydrogen-bond acceptors (Lipinski definition) is 4. The van der Waals surface area contributed by atoms with Crippen LogP contribution in [0.25, 0.3) is 27.5 Å². The highest BCUT2D eigenvalue weighted by Crippen LogP contribution is 2.30. The van der Waals surface area contributed by atoms with Gasteiger partial charge in [-0.15, -0.1) is 0 Å². The Morgan fingerprint density at radius 1 is 1.00 bits per heavy atom. The summed E-state index contributed by atoms with van der Waals surface area (Å²) in [5.74, 6) is 0. The highest BCUT2D eigenvalue weighted by atomic mass is 32.1. The minimum absolute atomic E-state index is 0.388. The maximum atomic E-state index is 12.9. The molecule has 37 heavy (non-hydrogen) atoms. The molecular formula is C27H21F3N6S. The van der Waals surface area contributed by atoms with Crippen molar-refractivity contribution in [2.45, 2.75) is 20.0 Å². The average molecular weight is 519 g/mol. The van der Waals surface area contributed by atoms with Crippen LogP contribution >= 0.6 is 12.2 Å². The summed E-state index contributed by atoms with van der Waals surface area (Å²) < 4.78 is 40.3. The van der Waals surface area contributed by atoms with E-state index in [1.54, 1.807) is 17.1 Å². The number of benzene rings is 3. The predicted octanol–water partition coefficient (Wildman–Crippen LogP) is 6.53.